The third-order valence-electron chi connectivity index (χ3n) is 3.57. The van der Waals surface area contributed by atoms with Gasteiger partial charge in [-0.15, -0.1) is 0 Å². The molecule has 1 nitrogen and oxygen atoms in total. The normalized spacial score (nSPS) is 12.3. The maximum absolute atomic E-state index is 13.3. The lowest BCUT2D eigenvalue weighted by atomic mass is 9.96. The van der Waals surface area contributed by atoms with E-state index >= 15 is 0 Å². The molecule has 1 atom stereocenters. The minimum atomic E-state index is -0.169. The molecular weight excluding hydrogens is 249 g/mol. The Kier molecular flexibility index (Phi) is 5.31. The number of aryl methyl sites for hydroxylation is 1. The molecule has 0 aliphatic rings. The molecule has 0 amide bonds. The monoisotopic (exact) mass is 271 g/mol. The van der Waals surface area contributed by atoms with E-state index in [4.69, 9.17) is 0 Å². The van der Waals surface area contributed by atoms with Crippen LogP contribution in [0.3, 0.4) is 0 Å². The molecule has 2 aromatic carbocycles. The van der Waals surface area contributed by atoms with Crippen LogP contribution >= 0.6 is 0 Å². The second-order valence-electron chi connectivity index (χ2n) is 5.17. The maximum atomic E-state index is 13.3. The highest BCUT2D eigenvalue weighted by atomic mass is 19.1. The summed E-state index contributed by atoms with van der Waals surface area (Å²) in [6.45, 7) is 2.19. The van der Waals surface area contributed by atoms with Gasteiger partial charge < -0.3 is 5.32 Å². The van der Waals surface area contributed by atoms with Crippen LogP contribution < -0.4 is 5.32 Å². The van der Waals surface area contributed by atoms with Gasteiger partial charge in [0.2, 0.25) is 0 Å². The summed E-state index contributed by atoms with van der Waals surface area (Å²) in [6, 6.07) is 15.7. The first-order valence-electron chi connectivity index (χ1n) is 7.23. The molecule has 2 rings (SSSR count). The van der Waals surface area contributed by atoms with Crippen molar-refractivity contribution in [1.29, 1.82) is 0 Å². The molecular formula is C18H22FN. The van der Waals surface area contributed by atoms with Crippen molar-refractivity contribution in [2.24, 2.45) is 0 Å². The summed E-state index contributed by atoms with van der Waals surface area (Å²) in [5.41, 5.74) is 3.65. The summed E-state index contributed by atoms with van der Waals surface area (Å²) in [6.07, 6.45) is 3.05. The van der Waals surface area contributed by atoms with Crippen molar-refractivity contribution in [3.05, 3.63) is 71.0 Å². The van der Waals surface area contributed by atoms with Crippen LogP contribution in [0.2, 0.25) is 0 Å². The number of likely N-dealkylation sites (N-methyl/N-ethyl adjacent to an activating group) is 1. The Morgan fingerprint density at radius 1 is 1.05 bits per heavy atom. The molecule has 0 saturated heterocycles. The Balaban J connectivity index is 2.17. The summed E-state index contributed by atoms with van der Waals surface area (Å²) in [7, 11) is 1.95. The molecule has 2 aromatic rings. The highest BCUT2D eigenvalue weighted by molar-refractivity contribution is 5.28. The fourth-order valence-corrected chi connectivity index (χ4v) is 2.54. The van der Waals surface area contributed by atoms with Gasteiger partial charge in [0.15, 0.2) is 0 Å². The Morgan fingerprint density at radius 3 is 2.50 bits per heavy atom. The average molecular weight is 271 g/mol. The maximum Gasteiger partial charge on any atom is 0.123 e. The number of hydrogen-bond acceptors (Lipinski definition) is 1. The molecule has 106 valence electrons. The van der Waals surface area contributed by atoms with E-state index in [1.54, 1.807) is 12.1 Å². The predicted molar refractivity (Wildman–Crippen MR) is 82.3 cm³/mol. The van der Waals surface area contributed by atoms with E-state index in [0.29, 0.717) is 0 Å². The highest BCUT2D eigenvalue weighted by Gasteiger charge is 2.11. The summed E-state index contributed by atoms with van der Waals surface area (Å²) >= 11 is 0. The number of hydrogen-bond donors (Lipinski definition) is 1. The van der Waals surface area contributed by atoms with Gasteiger partial charge in [-0.05, 0) is 48.7 Å². The lowest BCUT2D eigenvalue weighted by molar-refractivity contribution is 0.583. The number of halogens is 1. The molecule has 0 bridgehead atoms. The van der Waals surface area contributed by atoms with Crippen LogP contribution in [-0.2, 0) is 12.8 Å². The van der Waals surface area contributed by atoms with Gasteiger partial charge in [0, 0.05) is 6.04 Å². The zero-order valence-corrected chi connectivity index (χ0v) is 12.2. The Morgan fingerprint density at radius 2 is 1.80 bits per heavy atom. The molecule has 0 heterocycles. The van der Waals surface area contributed by atoms with Gasteiger partial charge in [-0.2, -0.15) is 0 Å². The van der Waals surface area contributed by atoms with E-state index in [1.165, 1.54) is 17.2 Å². The highest BCUT2D eigenvalue weighted by Crippen LogP contribution is 2.20. The molecule has 0 fully saturated rings. The molecule has 0 radical (unpaired) electrons. The van der Waals surface area contributed by atoms with E-state index in [1.807, 2.05) is 13.1 Å². The first-order chi connectivity index (χ1) is 9.72. The van der Waals surface area contributed by atoms with E-state index in [0.717, 1.165) is 24.8 Å². The van der Waals surface area contributed by atoms with E-state index < -0.39 is 0 Å². The van der Waals surface area contributed by atoms with Crippen LogP contribution in [0.1, 0.15) is 36.1 Å². The third-order valence-corrected chi connectivity index (χ3v) is 3.57. The Hall–Kier alpha value is -1.67. The van der Waals surface area contributed by atoms with Crippen LogP contribution in [0.5, 0.6) is 0 Å². The van der Waals surface area contributed by atoms with Crippen molar-refractivity contribution >= 4 is 0 Å². The van der Waals surface area contributed by atoms with E-state index in [-0.39, 0.29) is 11.9 Å². The molecule has 20 heavy (non-hydrogen) atoms. The molecule has 0 aliphatic carbocycles. The summed E-state index contributed by atoms with van der Waals surface area (Å²) in [5, 5.41) is 3.33. The molecule has 1 N–H and O–H groups in total. The molecule has 2 heteroatoms. The SMILES string of the molecule is CCCc1cccc(C(Cc2cccc(F)c2)NC)c1. The largest absolute Gasteiger partial charge is 0.313 e. The zero-order valence-electron chi connectivity index (χ0n) is 12.2. The molecule has 0 saturated carbocycles. The first kappa shape index (κ1) is 14.7. The van der Waals surface area contributed by atoms with Gasteiger partial charge in [-0.3, -0.25) is 0 Å². The second kappa shape index (κ2) is 7.20. The molecule has 0 spiro atoms. The van der Waals surface area contributed by atoms with E-state index in [9.17, 15) is 4.39 Å². The quantitative estimate of drug-likeness (QED) is 0.827. The van der Waals surface area contributed by atoms with E-state index in [2.05, 4.69) is 36.5 Å². The minimum absolute atomic E-state index is 0.169. The van der Waals surface area contributed by atoms with Gasteiger partial charge in [-0.25, -0.2) is 4.39 Å². The van der Waals surface area contributed by atoms with Crippen molar-refractivity contribution in [3.63, 3.8) is 0 Å². The average Bonchev–Trinajstić information content (AvgIpc) is 2.45. The van der Waals surface area contributed by atoms with Crippen molar-refractivity contribution in [2.75, 3.05) is 7.05 Å². The molecule has 0 aliphatic heterocycles. The molecule has 1 unspecified atom stereocenters. The Bertz CT molecular complexity index is 551. The lowest BCUT2D eigenvalue weighted by Crippen LogP contribution is -2.19. The second-order valence-corrected chi connectivity index (χ2v) is 5.17. The van der Waals surface area contributed by atoms with Gasteiger partial charge in [0.25, 0.3) is 0 Å². The number of rotatable bonds is 6. The molecule has 0 aromatic heterocycles. The fourth-order valence-electron chi connectivity index (χ4n) is 2.54. The fraction of sp³-hybridized carbons (Fsp3) is 0.333. The smallest absolute Gasteiger partial charge is 0.123 e. The van der Waals surface area contributed by atoms with Crippen LogP contribution in [-0.4, -0.2) is 7.05 Å². The van der Waals surface area contributed by atoms with Crippen LogP contribution in [0.25, 0.3) is 0 Å². The van der Waals surface area contributed by atoms with Crippen molar-refractivity contribution < 1.29 is 4.39 Å². The predicted octanol–water partition coefficient (Wildman–Crippen LogP) is 4.28. The van der Waals surface area contributed by atoms with Crippen molar-refractivity contribution in [2.45, 2.75) is 32.2 Å². The lowest BCUT2D eigenvalue weighted by Gasteiger charge is -2.18. The van der Waals surface area contributed by atoms with Crippen LogP contribution in [0, 0.1) is 5.82 Å². The number of nitrogens with one attached hydrogen (secondary N) is 1. The van der Waals surface area contributed by atoms with Crippen LogP contribution in [0.4, 0.5) is 4.39 Å². The first-order valence-corrected chi connectivity index (χ1v) is 7.23. The Labute approximate surface area is 120 Å². The van der Waals surface area contributed by atoms with Gasteiger partial charge >= 0.3 is 0 Å². The third kappa shape index (κ3) is 3.91. The van der Waals surface area contributed by atoms with Gasteiger partial charge in [-0.1, -0.05) is 49.7 Å². The number of benzene rings is 2. The van der Waals surface area contributed by atoms with Gasteiger partial charge in [0.1, 0.15) is 5.82 Å². The zero-order chi connectivity index (χ0) is 14.4. The van der Waals surface area contributed by atoms with Gasteiger partial charge in [0.05, 0.1) is 0 Å². The van der Waals surface area contributed by atoms with Crippen LogP contribution in [0.15, 0.2) is 48.5 Å². The minimum Gasteiger partial charge on any atom is -0.313 e. The summed E-state index contributed by atoms with van der Waals surface area (Å²) in [5.74, 6) is -0.169. The topological polar surface area (TPSA) is 12.0 Å². The standard InChI is InChI=1S/C18H22FN/c1-3-6-14-7-4-9-16(11-14)18(20-2)13-15-8-5-10-17(19)12-15/h4-5,7-12,18,20H,3,6,13H2,1-2H3. The van der Waals surface area contributed by atoms with Crippen molar-refractivity contribution in [3.8, 4) is 0 Å². The summed E-state index contributed by atoms with van der Waals surface area (Å²) in [4.78, 5) is 0. The van der Waals surface area contributed by atoms with Crippen molar-refractivity contribution in [1.82, 2.24) is 5.32 Å². The summed E-state index contributed by atoms with van der Waals surface area (Å²) < 4.78 is 13.3.